The number of rotatable bonds is 4. The zero-order valence-electron chi connectivity index (χ0n) is 9.67. The number of benzene rings is 1. The van der Waals surface area contributed by atoms with Crippen LogP contribution in [0.3, 0.4) is 0 Å². The van der Waals surface area contributed by atoms with Crippen molar-refractivity contribution in [1.82, 2.24) is 10.6 Å². The third-order valence-electron chi connectivity index (χ3n) is 2.08. The van der Waals surface area contributed by atoms with Crippen LogP contribution >= 0.6 is 12.2 Å². The van der Waals surface area contributed by atoms with E-state index in [2.05, 4.69) is 15.4 Å². The maximum atomic E-state index is 11.9. The molecule has 1 aromatic carbocycles. The van der Waals surface area contributed by atoms with Crippen molar-refractivity contribution in [2.45, 2.75) is 12.8 Å². The lowest BCUT2D eigenvalue weighted by Gasteiger charge is -2.10. The van der Waals surface area contributed by atoms with Crippen molar-refractivity contribution in [3.05, 3.63) is 29.8 Å². The van der Waals surface area contributed by atoms with Gasteiger partial charge in [0.15, 0.2) is 5.11 Å². The first-order valence-electron chi connectivity index (χ1n) is 5.21. The van der Waals surface area contributed by atoms with Crippen LogP contribution in [0.1, 0.15) is 5.56 Å². The lowest BCUT2D eigenvalue weighted by atomic mass is 10.1. The van der Waals surface area contributed by atoms with E-state index in [1.807, 2.05) is 0 Å². The molecule has 0 aliphatic heterocycles. The first-order valence-corrected chi connectivity index (χ1v) is 5.62. The summed E-state index contributed by atoms with van der Waals surface area (Å²) < 4.78 is 39.5. The molecule has 0 aliphatic rings. The van der Waals surface area contributed by atoms with Gasteiger partial charge in [0.2, 0.25) is 0 Å². The number of alkyl halides is 3. The molecule has 0 atom stereocenters. The fraction of sp³-hybridized carbons (Fsp3) is 0.364. The summed E-state index contributed by atoms with van der Waals surface area (Å²) in [6.45, 7) is 0.610. The molecule has 0 unspecified atom stereocenters. The Morgan fingerprint density at radius 2 is 1.89 bits per heavy atom. The molecule has 1 aromatic rings. The van der Waals surface area contributed by atoms with Crippen LogP contribution < -0.4 is 15.4 Å². The minimum absolute atomic E-state index is 0.218. The Kier molecular flexibility index (Phi) is 5.21. The third-order valence-corrected chi connectivity index (χ3v) is 2.43. The number of hydrogen-bond donors (Lipinski definition) is 2. The molecule has 0 saturated carbocycles. The summed E-state index contributed by atoms with van der Waals surface area (Å²) in [6, 6.07) is 5.76. The Hall–Kier alpha value is -1.50. The molecule has 0 amide bonds. The summed E-state index contributed by atoms with van der Waals surface area (Å²) in [7, 11) is 1.71. The summed E-state index contributed by atoms with van der Waals surface area (Å²) in [5, 5.41) is 6.24. The van der Waals surface area contributed by atoms with E-state index in [0.29, 0.717) is 18.1 Å². The van der Waals surface area contributed by atoms with Gasteiger partial charge >= 0.3 is 6.36 Å². The molecule has 7 heteroatoms. The number of hydrogen-bond acceptors (Lipinski definition) is 2. The molecule has 0 saturated heterocycles. The van der Waals surface area contributed by atoms with Crippen LogP contribution in [0, 0.1) is 0 Å². The summed E-state index contributed by atoms with van der Waals surface area (Å²) in [5.41, 5.74) is 0.899. The Bertz CT molecular complexity index is 392. The first kappa shape index (κ1) is 14.6. The van der Waals surface area contributed by atoms with Gasteiger partial charge in [0, 0.05) is 13.6 Å². The summed E-state index contributed by atoms with van der Waals surface area (Å²) in [4.78, 5) is 0. The van der Waals surface area contributed by atoms with E-state index < -0.39 is 6.36 Å². The van der Waals surface area contributed by atoms with Gasteiger partial charge in [0.05, 0.1) is 0 Å². The largest absolute Gasteiger partial charge is 0.573 e. The predicted octanol–water partition coefficient (Wildman–Crippen LogP) is 2.22. The van der Waals surface area contributed by atoms with Gasteiger partial charge in [-0.3, -0.25) is 0 Å². The molecule has 0 spiro atoms. The first-order chi connectivity index (χ1) is 8.40. The van der Waals surface area contributed by atoms with Gasteiger partial charge in [0.1, 0.15) is 5.75 Å². The second kappa shape index (κ2) is 6.44. The number of thiocarbonyl (C=S) groups is 1. The van der Waals surface area contributed by atoms with Crippen molar-refractivity contribution in [1.29, 1.82) is 0 Å². The Morgan fingerprint density at radius 1 is 1.28 bits per heavy atom. The Labute approximate surface area is 108 Å². The molecule has 0 bridgehead atoms. The van der Waals surface area contributed by atoms with Crippen molar-refractivity contribution < 1.29 is 17.9 Å². The third kappa shape index (κ3) is 5.72. The topological polar surface area (TPSA) is 33.3 Å². The number of nitrogens with one attached hydrogen (secondary N) is 2. The van der Waals surface area contributed by atoms with Crippen molar-refractivity contribution in [3.8, 4) is 5.75 Å². The van der Waals surface area contributed by atoms with Crippen molar-refractivity contribution in [2.24, 2.45) is 0 Å². The van der Waals surface area contributed by atoms with Crippen LogP contribution in [0.4, 0.5) is 13.2 Å². The van der Waals surface area contributed by atoms with Gasteiger partial charge in [-0.25, -0.2) is 0 Å². The van der Waals surface area contributed by atoms with E-state index >= 15 is 0 Å². The van der Waals surface area contributed by atoms with Crippen molar-refractivity contribution in [3.63, 3.8) is 0 Å². The van der Waals surface area contributed by atoms with E-state index in [1.54, 1.807) is 19.2 Å². The molecule has 3 nitrogen and oxygen atoms in total. The molecule has 2 N–H and O–H groups in total. The van der Waals surface area contributed by atoms with Crippen LogP contribution in [0.2, 0.25) is 0 Å². The lowest BCUT2D eigenvalue weighted by Crippen LogP contribution is -2.33. The van der Waals surface area contributed by atoms with Gasteiger partial charge in [-0.2, -0.15) is 0 Å². The standard InChI is InChI=1S/C11H13F3N2OS/c1-15-10(18)16-7-6-8-2-4-9(5-3-8)17-11(12,13)14/h2-5H,6-7H2,1H3,(H2,15,16,18). The summed E-state index contributed by atoms with van der Waals surface area (Å²) in [5.74, 6) is -0.218. The quantitative estimate of drug-likeness (QED) is 0.827. The summed E-state index contributed by atoms with van der Waals surface area (Å²) in [6.07, 6.45) is -3.99. The highest BCUT2D eigenvalue weighted by Crippen LogP contribution is 2.22. The minimum Gasteiger partial charge on any atom is -0.406 e. The fourth-order valence-electron chi connectivity index (χ4n) is 1.27. The molecule has 1 rings (SSSR count). The Morgan fingerprint density at radius 3 is 2.39 bits per heavy atom. The van der Waals surface area contributed by atoms with E-state index in [-0.39, 0.29) is 5.75 Å². The average Bonchev–Trinajstić information content (AvgIpc) is 2.29. The SMILES string of the molecule is CNC(=S)NCCc1ccc(OC(F)(F)F)cc1. The second-order valence-electron chi connectivity index (χ2n) is 3.45. The average molecular weight is 278 g/mol. The molecule has 0 aliphatic carbocycles. The molecule has 0 fully saturated rings. The van der Waals surface area contributed by atoms with Crippen molar-refractivity contribution >= 4 is 17.3 Å². The van der Waals surface area contributed by atoms with Gasteiger partial charge in [-0.15, -0.1) is 13.2 Å². The van der Waals surface area contributed by atoms with Crippen LogP contribution in [0.5, 0.6) is 5.75 Å². The van der Waals surface area contributed by atoms with Gasteiger partial charge in [0.25, 0.3) is 0 Å². The Balaban J connectivity index is 2.43. The normalized spacial score (nSPS) is 10.9. The van der Waals surface area contributed by atoms with E-state index in [4.69, 9.17) is 12.2 Å². The van der Waals surface area contributed by atoms with E-state index in [1.165, 1.54) is 12.1 Å². The minimum atomic E-state index is -4.65. The van der Waals surface area contributed by atoms with Gasteiger partial charge < -0.3 is 15.4 Å². The van der Waals surface area contributed by atoms with Crippen LogP contribution in [-0.2, 0) is 6.42 Å². The highest BCUT2D eigenvalue weighted by molar-refractivity contribution is 7.80. The fourth-order valence-corrected chi connectivity index (χ4v) is 1.37. The predicted molar refractivity (Wildman–Crippen MR) is 66.5 cm³/mol. The van der Waals surface area contributed by atoms with E-state index in [0.717, 1.165) is 5.56 Å². The molecule has 0 heterocycles. The molecule has 0 radical (unpaired) electrons. The molecule has 18 heavy (non-hydrogen) atoms. The highest BCUT2D eigenvalue weighted by Gasteiger charge is 2.30. The smallest absolute Gasteiger partial charge is 0.406 e. The number of ether oxygens (including phenoxy) is 1. The second-order valence-corrected chi connectivity index (χ2v) is 3.86. The van der Waals surface area contributed by atoms with Crippen LogP contribution in [-0.4, -0.2) is 25.1 Å². The molecular weight excluding hydrogens is 265 g/mol. The number of halogens is 3. The molecule has 0 aromatic heterocycles. The van der Waals surface area contributed by atoms with E-state index in [9.17, 15) is 13.2 Å². The van der Waals surface area contributed by atoms with Crippen molar-refractivity contribution in [2.75, 3.05) is 13.6 Å². The zero-order valence-corrected chi connectivity index (χ0v) is 10.5. The monoisotopic (exact) mass is 278 g/mol. The van der Waals surface area contributed by atoms with Crippen LogP contribution in [0.15, 0.2) is 24.3 Å². The molecule has 100 valence electrons. The molecular formula is C11H13F3N2OS. The maximum absolute atomic E-state index is 11.9. The maximum Gasteiger partial charge on any atom is 0.573 e. The summed E-state index contributed by atoms with van der Waals surface area (Å²) >= 11 is 4.88. The van der Waals surface area contributed by atoms with Crippen LogP contribution in [0.25, 0.3) is 0 Å². The zero-order chi connectivity index (χ0) is 13.6. The van der Waals surface area contributed by atoms with Gasteiger partial charge in [-0.1, -0.05) is 12.1 Å². The highest BCUT2D eigenvalue weighted by atomic mass is 32.1. The lowest BCUT2D eigenvalue weighted by molar-refractivity contribution is -0.274. The van der Waals surface area contributed by atoms with Gasteiger partial charge in [-0.05, 0) is 36.3 Å².